The zero-order chi connectivity index (χ0) is 52.2. The fraction of sp³-hybridized carbons (Fsp3) is 0.530. The molecule has 0 heterocycles. The van der Waals surface area contributed by atoms with Crippen molar-refractivity contribution < 1.29 is 28.6 Å². The van der Waals surface area contributed by atoms with E-state index in [1.807, 2.05) is 6.08 Å². The standard InChI is InChI=1S/C66H100O6/c1-4-7-10-13-16-19-22-25-27-28-29-30-31-32-33-34-35-36-37-38-40-41-44-47-50-53-56-59-65(68)71-62-63(61-70-64(67)58-55-52-49-46-43-24-21-18-15-12-9-6-3)72-66(69)60-57-54-51-48-45-42-39-26-23-20-17-14-11-8-5-2/h7-8,10-11,16-21,25-27,29-30,32-33,35-36,38-40,44-45,47-48,54,57,63H,4-6,9,12-15,22-24,28,31,34,37,41-43,46,49-53,55-56,58-62H2,1-3H3/b10-7-,11-8-,19-16-,20-17-,21-18-,27-25-,30-29-,33-32-,36-35-,39-26-,40-38-,47-44-,48-45-,57-54-. The van der Waals surface area contributed by atoms with Gasteiger partial charge >= 0.3 is 17.9 Å². The maximum atomic E-state index is 12.8. The second-order valence-electron chi connectivity index (χ2n) is 17.7. The van der Waals surface area contributed by atoms with Gasteiger partial charge in [0.15, 0.2) is 6.10 Å². The number of ether oxygens (including phenoxy) is 3. The van der Waals surface area contributed by atoms with Gasteiger partial charge in [-0.15, -0.1) is 0 Å². The monoisotopic (exact) mass is 989 g/mol. The molecule has 0 fully saturated rings. The third-order valence-electron chi connectivity index (χ3n) is 11.0. The van der Waals surface area contributed by atoms with E-state index in [1.165, 1.54) is 32.1 Å². The smallest absolute Gasteiger partial charge is 0.310 e. The van der Waals surface area contributed by atoms with Crippen molar-refractivity contribution in [2.45, 2.75) is 213 Å². The lowest BCUT2D eigenvalue weighted by atomic mass is 10.1. The minimum Gasteiger partial charge on any atom is -0.462 e. The number of hydrogen-bond acceptors (Lipinski definition) is 6. The van der Waals surface area contributed by atoms with Crippen molar-refractivity contribution in [2.75, 3.05) is 13.2 Å². The van der Waals surface area contributed by atoms with E-state index in [4.69, 9.17) is 14.2 Å². The van der Waals surface area contributed by atoms with E-state index in [2.05, 4.69) is 179 Å². The molecule has 0 amide bonds. The average molecular weight is 990 g/mol. The number of rotatable bonds is 48. The van der Waals surface area contributed by atoms with Gasteiger partial charge in [-0.25, -0.2) is 0 Å². The maximum absolute atomic E-state index is 12.8. The topological polar surface area (TPSA) is 78.9 Å². The van der Waals surface area contributed by atoms with Gasteiger partial charge in [0.05, 0.1) is 6.42 Å². The molecule has 0 aromatic rings. The summed E-state index contributed by atoms with van der Waals surface area (Å²) >= 11 is 0. The Hall–Kier alpha value is -5.23. The molecule has 72 heavy (non-hydrogen) atoms. The number of unbranched alkanes of at least 4 members (excludes halogenated alkanes) is 10. The third-order valence-corrected chi connectivity index (χ3v) is 11.0. The Kier molecular flexibility index (Phi) is 54.1. The number of carbonyl (C=O) groups is 3. The Morgan fingerprint density at radius 3 is 0.958 bits per heavy atom. The molecule has 400 valence electrons. The highest BCUT2D eigenvalue weighted by atomic mass is 16.6. The van der Waals surface area contributed by atoms with Gasteiger partial charge in [-0.05, 0) is 135 Å². The summed E-state index contributed by atoms with van der Waals surface area (Å²) in [6, 6.07) is 0. The van der Waals surface area contributed by atoms with Crippen molar-refractivity contribution in [3.8, 4) is 0 Å². The van der Waals surface area contributed by atoms with Crippen LogP contribution in [-0.2, 0) is 28.6 Å². The van der Waals surface area contributed by atoms with Crippen LogP contribution in [0.2, 0.25) is 0 Å². The van der Waals surface area contributed by atoms with Crippen LogP contribution in [0, 0.1) is 0 Å². The first kappa shape index (κ1) is 66.8. The van der Waals surface area contributed by atoms with Crippen LogP contribution in [0.1, 0.15) is 207 Å². The highest BCUT2D eigenvalue weighted by Gasteiger charge is 2.19. The summed E-state index contributed by atoms with van der Waals surface area (Å²) in [6.45, 7) is 6.23. The average Bonchev–Trinajstić information content (AvgIpc) is 3.38. The minimum absolute atomic E-state index is 0.0767. The van der Waals surface area contributed by atoms with Gasteiger partial charge in [0.1, 0.15) is 13.2 Å². The van der Waals surface area contributed by atoms with Gasteiger partial charge < -0.3 is 14.2 Å². The van der Waals surface area contributed by atoms with Crippen molar-refractivity contribution >= 4 is 17.9 Å². The van der Waals surface area contributed by atoms with E-state index in [9.17, 15) is 14.4 Å². The molecule has 0 spiro atoms. The van der Waals surface area contributed by atoms with Crippen LogP contribution in [0.3, 0.4) is 0 Å². The second-order valence-corrected chi connectivity index (χ2v) is 17.7. The fourth-order valence-electron chi connectivity index (χ4n) is 6.82. The Morgan fingerprint density at radius 2 is 0.583 bits per heavy atom. The van der Waals surface area contributed by atoms with Crippen molar-refractivity contribution in [1.29, 1.82) is 0 Å². The first-order chi connectivity index (χ1) is 35.5. The van der Waals surface area contributed by atoms with E-state index in [-0.39, 0.29) is 38.0 Å². The molecule has 0 aromatic carbocycles. The lowest BCUT2D eigenvalue weighted by molar-refractivity contribution is -0.166. The van der Waals surface area contributed by atoms with Gasteiger partial charge in [0.2, 0.25) is 0 Å². The van der Waals surface area contributed by atoms with Gasteiger partial charge in [-0.1, -0.05) is 223 Å². The molecule has 1 unspecified atom stereocenters. The van der Waals surface area contributed by atoms with Gasteiger partial charge in [0.25, 0.3) is 0 Å². The summed E-state index contributed by atoms with van der Waals surface area (Å²) < 4.78 is 16.7. The lowest BCUT2D eigenvalue weighted by Gasteiger charge is -2.18. The highest BCUT2D eigenvalue weighted by Crippen LogP contribution is 2.11. The summed E-state index contributed by atoms with van der Waals surface area (Å²) in [5.74, 6) is -1.14. The molecule has 0 radical (unpaired) electrons. The molecule has 0 bridgehead atoms. The number of allylic oxidation sites excluding steroid dienone is 27. The lowest BCUT2D eigenvalue weighted by Crippen LogP contribution is -2.30. The molecule has 0 aromatic heterocycles. The Bertz CT molecular complexity index is 1700. The molecule has 0 saturated heterocycles. The van der Waals surface area contributed by atoms with Gasteiger partial charge in [-0.2, -0.15) is 0 Å². The van der Waals surface area contributed by atoms with Crippen LogP contribution in [0.15, 0.2) is 170 Å². The molecule has 6 heteroatoms. The summed E-state index contributed by atoms with van der Waals surface area (Å²) in [7, 11) is 0. The van der Waals surface area contributed by atoms with E-state index < -0.39 is 12.1 Å². The van der Waals surface area contributed by atoms with Crippen molar-refractivity contribution in [3.63, 3.8) is 0 Å². The number of carbonyl (C=O) groups excluding carboxylic acids is 3. The summed E-state index contributed by atoms with van der Waals surface area (Å²) in [6.07, 6.45) is 86.6. The SMILES string of the molecule is CC/C=C\C/C=C\C/C=C\C/C=C\C/C=C\C/C=C\C/C=C\C/C=C\CCCCC(=O)OCC(COC(=O)CCCCCCC/C=C\CCCCC)OC(=O)C/C=C\C/C=C\C/C=C\C/C=C\C/C=C\CC. The normalized spacial score (nSPS) is 13.4. The Labute approximate surface area is 441 Å². The first-order valence-corrected chi connectivity index (χ1v) is 28.1. The van der Waals surface area contributed by atoms with E-state index in [0.717, 1.165) is 122 Å². The van der Waals surface area contributed by atoms with Gasteiger partial charge in [0, 0.05) is 12.8 Å². The molecule has 0 aliphatic rings. The predicted molar refractivity (Wildman–Crippen MR) is 311 cm³/mol. The molecule has 0 aliphatic heterocycles. The van der Waals surface area contributed by atoms with Gasteiger partial charge in [-0.3, -0.25) is 14.4 Å². The van der Waals surface area contributed by atoms with Crippen LogP contribution in [-0.4, -0.2) is 37.2 Å². The molecule has 0 aliphatic carbocycles. The quantitative estimate of drug-likeness (QED) is 0.0262. The van der Waals surface area contributed by atoms with Crippen LogP contribution < -0.4 is 0 Å². The highest BCUT2D eigenvalue weighted by molar-refractivity contribution is 5.72. The van der Waals surface area contributed by atoms with Crippen molar-refractivity contribution in [2.24, 2.45) is 0 Å². The maximum Gasteiger partial charge on any atom is 0.310 e. The summed E-state index contributed by atoms with van der Waals surface area (Å²) in [5, 5.41) is 0. The van der Waals surface area contributed by atoms with E-state index >= 15 is 0 Å². The van der Waals surface area contributed by atoms with Crippen LogP contribution in [0.25, 0.3) is 0 Å². The Balaban J connectivity index is 4.53. The molecular formula is C66H100O6. The molecule has 1 atom stereocenters. The third kappa shape index (κ3) is 55.7. The Morgan fingerprint density at radius 1 is 0.306 bits per heavy atom. The predicted octanol–water partition coefficient (Wildman–Crippen LogP) is 19.1. The molecule has 0 rings (SSSR count). The molecular weight excluding hydrogens is 889 g/mol. The first-order valence-electron chi connectivity index (χ1n) is 28.1. The minimum atomic E-state index is -0.862. The number of esters is 3. The molecule has 6 nitrogen and oxygen atoms in total. The second kappa shape index (κ2) is 58.3. The largest absolute Gasteiger partial charge is 0.462 e. The summed E-state index contributed by atoms with van der Waals surface area (Å²) in [5.41, 5.74) is 0. The van der Waals surface area contributed by atoms with Crippen molar-refractivity contribution in [1.82, 2.24) is 0 Å². The zero-order valence-corrected chi connectivity index (χ0v) is 45.6. The van der Waals surface area contributed by atoms with Crippen molar-refractivity contribution in [3.05, 3.63) is 170 Å². The zero-order valence-electron chi connectivity index (χ0n) is 45.6. The van der Waals surface area contributed by atoms with Crippen LogP contribution in [0.4, 0.5) is 0 Å². The van der Waals surface area contributed by atoms with Crippen LogP contribution >= 0.6 is 0 Å². The van der Waals surface area contributed by atoms with Crippen LogP contribution in [0.5, 0.6) is 0 Å². The molecule has 0 N–H and O–H groups in total. The fourth-order valence-corrected chi connectivity index (χ4v) is 6.82. The van der Waals surface area contributed by atoms with E-state index in [0.29, 0.717) is 19.3 Å². The van der Waals surface area contributed by atoms with E-state index in [1.54, 1.807) is 6.08 Å². The number of hydrogen-bond donors (Lipinski definition) is 0. The summed E-state index contributed by atoms with van der Waals surface area (Å²) in [4.78, 5) is 38.0. The molecule has 0 saturated carbocycles.